The Kier molecular flexibility index (Phi) is 7.25. The molecule has 0 spiro atoms. The predicted molar refractivity (Wildman–Crippen MR) is 120 cm³/mol. The number of esters is 1. The Balaban J connectivity index is 1.82. The zero-order chi connectivity index (χ0) is 23.1. The number of hydrogen-bond donors (Lipinski definition) is 1. The van der Waals surface area contributed by atoms with Crippen LogP contribution in [0.1, 0.15) is 46.5 Å². The summed E-state index contributed by atoms with van der Waals surface area (Å²) in [5.41, 5.74) is 2.02. The van der Waals surface area contributed by atoms with E-state index in [1.165, 1.54) is 18.2 Å². The molecule has 0 aliphatic rings. The van der Waals surface area contributed by atoms with Crippen LogP contribution in [0.15, 0.2) is 66.7 Å². The Labute approximate surface area is 186 Å². The van der Waals surface area contributed by atoms with E-state index < -0.39 is 11.9 Å². The summed E-state index contributed by atoms with van der Waals surface area (Å²) in [5.74, 6) is -0.502. The van der Waals surface area contributed by atoms with Gasteiger partial charge in [0.1, 0.15) is 17.6 Å². The fraction of sp³-hybridized carbons (Fsp3) is 0.192. The van der Waals surface area contributed by atoms with Gasteiger partial charge in [0.25, 0.3) is 0 Å². The second kappa shape index (κ2) is 10.3. The second-order valence-electron chi connectivity index (χ2n) is 7.42. The number of aromatic carboxylic acids is 1. The Bertz CT molecular complexity index is 1160. The molecular weight excluding hydrogens is 406 g/mol. The fourth-order valence-corrected chi connectivity index (χ4v) is 2.97. The van der Waals surface area contributed by atoms with Gasteiger partial charge in [-0.25, -0.2) is 9.59 Å². The standard InChI is InChI=1S/C26H23NO5/c1-3-17(2)16-31-23-13-12-20(14-21(23)15-27)26(30)32-24-7-5-4-6-22(24)18-8-10-19(11-9-18)25(28)29/h4-14,17H,3,16H2,1-2H3,(H,28,29). The summed E-state index contributed by atoms with van der Waals surface area (Å²) in [4.78, 5) is 23.9. The van der Waals surface area contributed by atoms with Crippen molar-refractivity contribution < 1.29 is 24.2 Å². The van der Waals surface area contributed by atoms with Gasteiger partial charge in [0.15, 0.2) is 0 Å². The molecule has 3 aromatic carbocycles. The molecule has 0 aliphatic heterocycles. The first kappa shape index (κ1) is 22.6. The number of carboxylic acids is 1. The molecule has 1 atom stereocenters. The molecule has 0 amide bonds. The van der Waals surface area contributed by atoms with Gasteiger partial charge in [0.2, 0.25) is 0 Å². The van der Waals surface area contributed by atoms with E-state index in [1.807, 2.05) is 0 Å². The van der Waals surface area contributed by atoms with E-state index in [-0.39, 0.29) is 16.7 Å². The van der Waals surface area contributed by atoms with Crippen LogP contribution in [0.25, 0.3) is 11.1 Å². The van der Waals surface area contributed by atoms with Gasteiger partial charge in [-0.3, -0.25) is 0 Å². The highest BCUT2D eigenvalue weighted by Crippen LogP contribution is 2.31. The van der Waals surface area contributed by atoms with Gasteiger partial charge in [-0.1, -0.05) is 50.6 Å². The molecule has 1 unspecified atom stereocenters. The largest absolute Gasteiger partial charge is 0.492 e. The fourth-order valence-electron chi connectivity index (χ4n) is 2.97. The number of benzene rings is 3. The summed E-state index contributed by atoms with van der Waals surface area (Å²) in [5, 5.41) is 18.5. The number of ether oxygens (including phenoxy) is 2. The maximum atomic E-state index is 12.8. The van der Waals surface area contributed by atoms with Gasteiger partial charge in [0.05, 0.1) is 23.3 Å². The van der Waals surface area contributed by atoms with E-state index >= 15 is 0 Å². The predicted octanol–water partition coefficient (Wildman–Crippen LogP) is 5.57. The van der Waals surface area contributed by atoms with Crippen LogP contribution in [0.3, 0.4) is 0 Å². The third kappa shape index (κ3) is 5.32. The molecule has 0 heterocycles. The van der Waals surface area contributed by atoms with Crippen molar-refractivity contribution in [1.82, 2.24) is 0 Å². The third-order valence-corrected chi connectivity index (χ3v) is 5.09. The van der Waals surface area contributed by atoms with Crippen molar-refractivity contribution in [3.63, 3.8) is 0 Å². The highest BCUT2D eigenvalue weighted by Gasteiger charge is 2.16. The lowest BCUT2D eigenvalue weighted by molar-refractivity contribution is 0.0694. The molecular formula is C26H23NO5. The zero-order valence-corrected chi connectivity index (χ0v) is 17.9. The van der Waals surface area contributed by atoms with Crippen molar-refractivity contribution in [2.75, 3.05) is 6.61 Å². The number of carboxylic acid groups (broad SMARTS) is 1. The van der Waals surface area contributed by atoms with E-state index in [1.54, 1.807) is 48.5 Å². The molecule has 0 fully saturated rings. The Hall–Kier alpha value is -4.11. The average Bonchev–Trinajstić information content (AvgIpc) is 2.82. The van der Waals surface area contributed by atoms with E-state index in [0.717, 1.165) is 6.42 Å². The minimum absolute atomic E-state index is 0.169. The smallest absolute Gasteiger partial charge is 0.343 e. The second-order valence-corrected chi connectivity index (χ2v) is 7.42. The summed E-state index contributed by atoms with van der Waals surface area (Å²) in [6.07, 6.45) is 0.963. The number of nitriles is 1. The molecule has 3 aromatic rings. The van der Waals surface area contributed by atoms with E-state index in [4.69, 9.17) is 14.6 Å². The lowest BCUT2D eigenvalue weighted by Gasteiger charge is -2.13. The third-order valence-electron chi connectivity index (χ3n) is 5.09. The van der Waals surface area contributed by atoms with Crippen LogP contribution in [0, 0.1) is 17.2 Å². The lowest BCUT2D eigenvalue weighted by Crippen LogP contribution is -2.11. The highest BCUT2D eigenvalue weighted by atomic mass is 16.5. The van der Waals surface area contributed by atoms with Crippen LogP contribution in [0.2, 0.25) is 0 Å². The normalized spacial score (nSPS) is 11.3. The maximum absolute atomic E-state index is 12.8. The molecule has 0 aliphatic carbocycles. The van der Waals surface area contributed by atoms with Crippen LogP contribution < -0.4 is 9.47 Å². The number of nitrogens with zero attached hydrogens (tertiary/aromatic N) is 1. The summed E-state index contributed by atoms with van der Waals surface area (Å²) in [6.45, 7) is 4.62. The summed E-state index contributed by atoms with van der Waals surface area (Å²) in [7, 11) is 0. The van der Waals surface area contributed by atoms with Crippen LogP contribution >= 0.6 is 0 Å². The molecule has 6 nitrogen and oxygen atoms in total. The van der Waals surface area contributed by atoms with Crippen molar-refractivity contribution in [2.24, 2.45) is 5.92 Å². The summed E-state index contributed by atoms with van der Waals surface area (Å²) >= 11 is 0. The number of carbonyl (C=O) groups excluding carboxylic acids is 1. The van der Waals surface area contributed by atoms with Crippen molar-refractivity contribution in [3.05, 3.63) is 83.4 Å². The van der Waals surface area contributed by atoms with Crippen LogP contribution in [0.5, 0.6) is 11.5 Å². The van der Waals surface area contributed by atoms with Gasteiger partial charge in [0, 0.05) is 5.56 Å². The van der Waals surface area contributed by atoms with Gasteiger partial charge in [-0.2, -0.15) is 5.26 Å². The number of carbonyl (C=O) groups is 2. The molecule has 0 radical (unpaired) electrons. The first-order valence-electron chi connectivity index (χ1n) is 10.2. The van der Waals surface area contributed by atoms with E-state index in [0.29, 0.717) is 35.2 Å². The molecule has 0 saturated heterocycles. The van der Waals surface area contributed by atoms with Crippen molar-refractivity contribution in [1.29, 1.82) is 5.26 Å². The van der Waals surface area contributed by atoms with E-state index in [2.05, 4.69) is 19.9 Å². The molecule has 3 rings (SSSR count). The van der Waals surface area contributed by atoms with Crippen molar-refractivity contribution >= 4 is 11.9 Å². The van der Waals surface area contributed by atoms with Gasteiger partial charge in [-0.15, -0.1) is 0 Å². The average molecular weight is 429 g/mol. The summed E-state index contributed by atoms with van der Waals surface area (Å²) in [6, 6.07) is 20.0. The maximum Gasteiger partial charge on any atom is 0.343 e. The van der Waals surface area contributed by atoms with Crippen LogP contribution in [-0.4, -0.2) is 23.7 Å². The van der Waals surface area contributed by atoms with Crippen LogP contribution in [0.4, 0.5) is 0 Å². The molecule has 0 saturated carbocycles. The van der Waals surface area contributed by atoms with Gasteiger partial charge in [-0.05, 0) is 47.9 Å². The Morgan fingerprint density at radius 2 is 1.69 bits per heavy atom. The summed E-state index contributed by atoms with van der Waals surface area (Å²) < 4.78 is 11.3. The minimum Gasteiger partial charge on any atom is -0.492 e. The van der Waals surface area contributed by atoms with Crippen molar-refractivity contribution in [2.45, 2.75) is 20.3 Å². The number of rotatable bonds is 8. The quantitative estimate of drug-likeness (QED) is 0.372. The molecule has 6 heteroatoms. The first-order valence-corrected chi connectivity index (χ1v) is 10.2. The minimum atomic E-state index is -1.01. The lowest BCUT2D eigenvalue weighted by atomic mass is 10.0. The SMILES string of the molecule is CCC(C)COc1ccc(C(=O)Oc2ccccc2-c2ccc(C(=O)O)cc2)cc1C#N. The van der Waals surface area contributed by atoms with E-state index in [9.17, 15) is 14.9 Å². The molecule has 0 aromatic heterocycles. The molecule has 162 valence electrons. The molecule has 1 N–H and O–H groups in total. The van der Waals surface area contributed by atoms with Crippen molar-refractivity contribution in [3.8, 4) is 28.7 Å². The monoisotopic (exact) mass is 429 g/mol. The Morgan fingerprint density at radius 3 is 2.34 bits per heavy atom. The molecule has 32 heavy (non-hydrogen) atoms. The topological polar surface area (TPSA) is 96.6 Å². The number of hydrogen-bond acceptors (Lipinski definition) is 5. The Morgan fingerprint density at radius 1 is 1.00 bits per heavy atom. The first-order chi connectivity index (χ1) is 15.4. The van der Waals surface area contributed by atoms with Crippen LogP contribution in [-0.2, 0) is 0 Å². The number of para-hydroxylation sites is 1. The zero-order valence-electron chi connectivity index (χ0n) is 17.9. The molecule has 0 bridgehead atoms. The van der Waals surface area contributed by atoms with Gasteiger partial charge >= 0.3 is 11.9 Å². The highest BCUT2D eigenvalue weighted by molar-refractivity contribution is 5.93. The van der Waals surface area contributed by atoms with Gasteiger partial charge < -0.3 is 14.6 Å².